The molecule has 3 aromatic carbocycles. The van der Waals surface area contributed by atoms with Crippen molar-refractivity contribution in [1.29, 1.82) is 0 Å². The molecule has 1 heterocycles. The van der Waals surface area contributed by atoms with Gasteiger partial charge in [0.1, 0.15) is 23.3 Å². The van der Waals surface area contributed by atoms with Gasteiger partial charge in [-0.2, -0.15) is 0 Å². The van der Waals surface area contributed by atoms with Crippen LogP contribution in [0.4, 0.5) is 10.1 Å². The van der Waals surface area contributed by atoms with Crippen molar-refractivity contribution in [3.63, 3.8) is 0 Å². The summed E-state index contributed by atoms with van der Waals surface area (Å²) in [6.07, 6.45) is 5.04. The Hall–Kier alpha value is -4.39. The molecule has 200 valence electrons. The number of amides is 2. The Morgan fingerprint density at radius 3 is 2.38 bits per heavy atom. The summed E-state index contributed by atoms with van der Waals surface area (Å²) in [5.41, 5.74) is 3.05. The summed E-state index contributed by atoms with van der Waals surface area (Å²) in [6.45, 7) is 0. The summed E-state index contributed by atoms with van der Waals surface area (Å²) in [5.74, 6) is -0.563. The number of nitrogens with zero attached hydrogens (tertiary/aromatic N) is 1. The molecule has 1 atom stereocenters. The zero-order valence-corrected chi connectivity index (χ0v) is 21.9. The molecule has 5 rings (SSSR count). The minimum absolute atomic E-state index is 0.0339. The van der Waals surface area contributed by atoms with E-state index in [1.165, 1.54) is 17.0 Å². The SMILES string of the molecule is COc1cccc(N(C(=O)c2ccc(-c3ccccc3)[nH]2)C(C(=O)NC2CCCCC2)c2ccc(F)cc2)c1. The zero-order valence-electron chi connectivity index (χ0n) is 21.9. The topological polar surface area (TPSA) is 74.4 Å². The third kappa shape index (κ3) is 6.03. The minimum atomic E-state index is -1.03. The van der Waals surface area contributed by atoms with Crippen molar-refractivity contribution in [2.24, 2.45) is 0 Å². The fourth-order valence-corrected chi connectivity index (χ4v) is 5.17. The first kappa shape index (κ1) is 26.2. The summed E-state index contributed by atoms with van der Waals surface area (Å²) < 4.78 is 19.4. The highest BCUT2D eigenvalue weighted by Crippen LogP contribution is 2.33. The highest BCUT2D eigenvalue weighted by molar-refractivity contribution is 6.09. The number of methoxy groups -OCH3 is 1. The second-order valence-corrected chi connectivity index (χ2v) is 9.83. The van der Waals surface area contributed by atoms with E-state index in [9.17, 15) is 14.0 Å². The molecule has 0 spiro atoms. The van der Waals surface area contributed by atoms with Gasteiger partial charge in [0, 0.05) is 23.5 Å². The summed E-state index contributed by atoms with van der Waals surface area (Å²) >= 11 is 0. The molecule has 1 saturated carbocycles. The second-order valence-electron chi connectivity index (χ2n) is 9.83. The molecular weight excluding hydrogens is 493 g/mol. The number of carbonyl (C=O) groups is 2. The monoisotopic (exact) mass is 525 g/mol. The van der Waals surface area contributed by atoms with E-state index in [4.69, 9.17) is 4.74 Å². The van der Waals surface area contributed by atoms with Crippen LogP contribution in [0, 0.1) is 5.82 Å². The summed E-state index contributed by atoms with van der Waals surface area (Å²) in [4.78, 5) is 33.0. The van der Waals surface area contributed by atoms with Crippen LogP contribution < -0.4 is 15.0 Å². The number of anilines is 1. The lowest BCUT2D eigenvalue weighted by molar-refractivity contribution is -0.123. The number of nitrogens with one attached hydrogen (secondary N) is 2. The van der Waals surface area contributed by atoms with Gasteiger partial charge in [-0.25, -0.2) is 4.39 Å². The Labute approximate surface area is 227 Å². The summed E-state index contributed by atoms with van der Waals surface area (Å²) in [5, 5.41) is 3.18. The predicted molar refractivity (Wildman–Crippen MR) is 150 cm³/mol. The number of benzene rings is 3. The first-order chi connectivity index (χ1) is 19.0. The average molecular weight is 526 g/mol. The lowest BCUT2D eigenvalue weighted by atomic mass is 9.94. The summed E-state index contributed by atoms with van der Waals surface area (Å²) in [6, 6.07) is 25.1. The first-order valence-corrected chi connectivity index (χ1v) is 13.3. The molecule has 4 aromatic rings. The van der Waals surface area contributed by atoms with Crippen molar-refractivity contribution in [2.75, 3.05) is 12.0 Å². The lowest BCUT2D eigenvalue weighted by Gasteiger charge is -2.33. The molecule has 1 aromatic heterocycles. The van der Waals surface area contributed by atoms with Gasteiger partial charge in [-0.15, -0.1) is 0 Å². The highest BCUT2D eigenvalue weighted by Gasteiger charge is 2.35. The summed E-state index contributed by atoms with van der Waals surface area (Å²) in [7, 11) is 1.55. The molecular formula is C32H32FN3O3. The number of hydrogen-bond donors (Lipinski definition) is 2. The zero-order chi connectivity index (χ0) is 27.2. The number of halogens is 1. The molecule has 0 bridgehead atoms. The van der Waals surface area contributed by atoms with Crippen molar-refractivity contribution >= 4 is 17.5 Å². The second kappa shape index (κ2) is 12.0. The predicted octanol–water partition coefficient (Wildman–Crippen LogP) is 6.67. The van der Waals surface area contributed by atoms with Gasteiger partial charge in [-0.05, 0) is 60.4 Å². The molecule has 0 radical (unpaired) electrons. The van der Waals surface area contributed by atoms with Crippen LogP contribution in [0.2, 0.25) is 0 Å². The van der Waals surface area contributed by atoms with Crippen molar-refractivity contribution in [1.82, 2.24) is 10.3 Å². The molecule has 7 heteroatoms. The van der Waals surface area contributed by atoms with E-state index in [1.807, 2.05) is 36.4 Å². The molecule has 1 unspecified atom stereocenters. The van der Waals surface area contributed by atoms with E-state index < -0.39 is 17.8 Å². The van der Waals surface area contributed by atoms with Crippen LogP contribution in [-0.2, 0) is 4.79 Å². The Bertz CT molecular complexity index is 1410. The quantitative estimate of drug-likeness (QED) is 0.270. The third-order valence-electron chi connectivity index (χ3n) is 7.20. The van der Waals surface area contributed by atoms with Crippen LogP contribution in [0.25, 0.3) is 11.3 Å². The Morgan fingerprint density at radius 2 is 1.67 bits per heavy atom. The number of carbonyl (C=O) groups excluding carboxylic acids is 2. The fourth-order valence-electron chi connectivity index (χ4n) is 5.17. The lowest BCUT2D eigenvalue weighted by Crippen LogP contribution is -2.47. The maximum absolute atomic E-state index is 14.3. The van der Waals surface area contributed by atoms with E-state index in [0.717, 1.165) is 43.4 Å². The molecule has 39 heavy (non-hydrogen) atoms. The molecule has 2 N–H and O–H groups in total. The van der Waals surface area contributed by atoms with Gasteiger partial charge in [-0.3, -0.25) is 14.5 Å². The van der Waals surface area contributed by atoms with Crippen LogP contribution in [-0.4, -0.2) is 29.9 Å². The van der Waals surface area contributed by atoms with Gasteiger partial charge < -0.3 is 15.0 Å². The number of rotatable bonds is 8. The van der Waals surface area contributed by atoms with E-state index in [-0.39, 0.29) is 11.9 Å². The van der Waals surface area contributed by atoms with Crippen molar-refractivity contribution in [3.05, 3.63) is 108 Å². The first-order valence-electron chi connectivity index (χ1n) is 13.3. The molecule has 0 saturated heterocycles. The molecule has 2 amide bonds. The van der Waals surface area contributed by atoms with Crippen molar-refractivity contribution in [2.45, 2.75) is 44.2 Å². The Kier molecular flexibility index (Phi) is 8.06. The highest BCUT2D eigenvalue weighted by atomic mass is 19.1. The largest absolute Gasteiger partial charge is 0.497 e. The van der Waals surface area contributed by atoms with E-state index in [0.29, 0.717) is 22.7 Å². The number of aromatic nitrogens is 1. The van der Waals surface area contributed by atoms with Crippen molar-refractivity contribution < 1.29 is 18.7 Å². The van der Waals surface area contributed by atoms with Gasteiger partial charge in [0.2, 0.25) is 5.91 Å². The maximum Gasteiger partial charge on any atom is 0.275 e. The average Bonchev–Trinajstić information content (AvgIpc) is 3.48. The van der Waals surface area contributed by atoms with Crippen LogP contribution in [0.5, 0.6) is 5.75 Å². The Morgan fingerprint density at radius 1 is 0.923 bits per heavy atom. The number of H-pyrrole nitrogens is 1. The van der Waals surface area contributed by atoms with Gasteiger partial charge in [0.25, 0.3) is 5.91 Å². The Balaban J connectivity index is 1.59. The van der Waals surface area contributed by atoms with E-state index in [1.54, 1.807) is 49.6 Å². The van der Waals surface area contributed by atoms with E-state index >= 15 is 0 Å². The smallest absolute Gasteiger partial charge is 0.275 e. The molecule has 1 fully saturated rings. The van der Waals surface area contributed by atoms with Crippen LogP contribution in [0.1, 0.15) is 54.2 Å². The molecule has 1 aliphatic rings. The normalized spacial score (nSPS) is 14.4. The van der Waals surface area contributed by atoms with Crippen molar-refractivity contribution in [3.8, 4) is 17.0 Å². The number of ether oxygens (including phenoxy) is 1. The van der Waals surface area contributed by atoms with E-state index in [2.05, 4.69) is 10.3 Å². The van der Waals surface area contributed by atoms with Crippen LogP contribution >= 0.6 is 0 Å². The van der Waals surface area contributed by atoms with Gasteiger partial charge in [0.15, 0.2) is 0 Å². The molecule has 6 nitrogen and oxygen atoms in total. The maximum atomic E-state index is 14.3. The number of aromatic amines is 1. The third-order valence-corrected chi connectivity index (χ3v) is 7.20. The van der Waals surface area contributed by atoms with Gasteiger partial charge >= 0.3 is 0 Å². The van der Waals surface area contributed by atoms with Gasteiger partial charge in [0.05, 0.1) is 7.11 Å². The molecule has 1 aliphatic carbocycles. The van der Waals surface area contributed by atoms with Gasteiger partial charge in [-0.1, -0.05) is 67.8 Å². The van der Waals surface area contributed by atoms with Crippen LogP contribution in [0.15, 0.2) is 91.0 Å². The number of hydrogen-bond acceptors (Lipinski definition) is 3. The standard InChI is InChI=1S/C32H32FN3O3/c1-39-27-14-8-13-26(21-27)36(32(38)29-20-19-28(35-29)22-9-4-2-5-10-22)30(23-15-17-24(33)18-16-23)31(37)34-25-11-6-3-7-12-25/h2,4-5,8-10,13-21,25,30,35H,3,6-7,11-12H2,1H3,(H,34,37). The van der Waals surface area contributed by atoms with Crippen LogP contribution in [0.3, 0.4) is 0 Å². The molecule has 0 aliphatic heterocycles. The fraction of sp³-hybridized carbons (Fsp3) is 0.250. The minimum Gasteiger partial charge on any atom is -0.497 e.